The summed E-state index contributed by atoms with van der Waals surface area (Å²) in [7, 11) is 0. The third-order valence-electron chi connectivity index (χ3n) is 3.07. The summed E-state index contributed by atoms with van der Waals surface area (Å²) in [6, 6.07) is 1.88. The number of hydrazine groups is 1. The first-order valence-electron chi connectivity index (χ1n) is 5.91. The predicted octanol–water partition coefficient (Wildman–Crippen LogP) is 0.644. The van der Waals surface area contributed by atoms with E-state index in [1.165, 1.54) is 0 Å². The van der Waals surface area contributed by atoms with E-state index in [1.807, 2.05) is 13.0 Å². The fraction of sp³-hybridized carbons (Fsp3) is 0.636. The monoisotopic (exact) mass is 237 g/mol. The number of nitrogens with one attached hydrogen (secondary N) is 2. The van der Waals surface area contributed by atoms with E-state index in [0.717, 1.165) is 37.3 Å². The van der Waals surface area contributed by atoms with Crippen molar-refractivity contribution < 1.29 is 5.11 Å². The van der Waals surface area contributed by atoms with Crippen LogP contribution in [0.2, 0.25) is 0 Å². The molecule has 6 nitrogen and oxygen atoms in total. The minimum Gasteiger partial charge on any atom is -0.393 e. The molecular formula is C11H19N5O. The molecule has 0 bridgehead atoms. The number of aliphatic hydroxyl groups excluding tert-OH is 1. The van der Waals surface area contributed by atoms with E-state index in [0.29, 0.717) is 11.9 Å². The summed E-state index contributed by atoms with van der Waals surface area (Å²) in [6.45, 7) is 2.73. The van der Waals surface area contributed by atoms with Crippen LogP contribution in [0.25, 0.3) is 0 Å². The Morgan fingerprint density at radius 1 is 1.47 bits per heavy atom. The van der Waals surface area contributed by atoms with Crippen molar-refractivity contribution in [3.8, 4) is 0 Å². The topological polar surface area (TPSA) is 96.1 Å². The lowest BCUT2D eigenvalue weighted by atomic mass is 10.1. The molecular weight excluding hydrogens is 218 g/mol. The molecule has 5 N–H and O–H groups in total. The number of hydrogen-bond acceptors (Lipinski definition) is 6. The molecule has 2 rings (SSSR count). The van der Waals surface area contributed by atoms with Crippen LogP contribution in [0.3, 0.4) is 0 Å². The van der Waals surface area contributed by atoms with E-state index < -0.39 is 0 Å². The molecule has 0 aliphatic heterocycles. The highest BCUT2D eigenvalue weighted by Gasteiger charge is 2.22. The summed E-state index contributed by atoms with van der Waals surface area (Å²) >= 11 is 0. The van der Waals surface area contributed by atoms with Gasteiger partial charge >= 0.3 is 0 Å². The molecule has 1 fully saturated rings. The Kier molecular flexibility index (Phi) is 3.75. The Hall–Kier alpha value is -1.40. The zero-order valence-electron chi connectivity index (χ0n) is 9.98. The van der Waals surface area contributed by atoms with E-state index in [2.05, 4.69) is 20.7 Å². The van der Waals surface area contributed by atoms with Gasteiger partial charge < -0.3 is 10.4 Å². The minimum atomic E-state index is -0.129. The summed E-state index contributed by atoms with van der Waals surface area (Å²) < 4.78 is 0. The molecule has 0 saturated heterocycles. The van der Waals surface area contributed by atoms with Crippen molar-refractivity contribution in [3.05, 3.63) is 11.8 Å². The first-order valence-corrected chi connectivity index (χ1v) is 5.91. The van der Waals surface area contributed by atoms with Crippen molar-refractivity contribution in [2.45, 2.75) is 32.3 Å². The molecule has 1 heterocycles. The van der Waals surface area contributed by atoms with Crippen LogP contribution in [0.15, 0.2) is 6.07 Å². The maximum atomic E-state index is 9.44. The van der Waals surface area contributed by atoms with E-state index in [9.17, 15) is 5.11 Å². The van der Waals surface area contributed by atoms with Crippen molar-refractivity contribution in [2.24, 2.45) is 11.8 Å². The second-order valence-electron chi connectivity index (χ2n) is 4.58. The van der Waals surface area contributed by atoms with Crippen LogP contribution >= 0.6 is 0 Å². The van der Waals surface area contributed by atoms with Crippen LogP contribution in [0.4, 0.5) is 11.8 Å². The Morgan fingerprint density at radius 2 is 2.29 bits per heavy atom. The first kappa shape index (κ1) is 12.1. The average Bonchev–Trinajstić information content (AvgIpc) is 2.72. The molecule has 1 aromatic heterocycles. The third kappa shape index (κ3) is 3.28. The molecule has 0 aromatic carbocycles. The molecule has 1 saturated carbocycles. The van der Waals surface area contributed by atoms with E-state index in [-0.39, 0.29) is 6.10 Å². The van der Waals surface area contributed by atoms with Crippen LogP contribution in [-0.4, -0.2) is 27.7 Å². The molecule has 1 aliphatic carbocycles. The average molecular weight is 237 g/mol. The van der Waals surface area contributed by atoms with Crippen LogP contribution in [0.5, 0.6) is 0 Å². The van der Waals surface area contributed by atoms with Crippen molar-refractivity contribution >= 4 is 11.8 Å². The van der Waals surface area contributed by atoms with Crippen LogP contribution < -0.4 is 16.6 Å². The summed E-state index contributed by atoms with van der Waals surface area (Å²) in [6.07, 6.45) is 2.72. The van der Waals surface area contributed by atoms with Gasteiger partial charge in [-0.1, -0.05) is 0 Å². The van der Waals surface area contributed by atoms with Gasteiger partial charge in [-0.2, -0.15) is 4.98 Å². The summed E-state index contributed by atoms with van der Waals surface area (Å²) in [5.74, 6) is 7.00. The van der Waals surface area contributed by atoms with Gasteiger partial charge in [0.05, 0.1) is 6.10 Å². The lowest BCUT2D eigenvalue weighted by Gasteiger charge is -2.12. The maximum absolute atomic E-state index is 9.44. The minimum absolute atomic E-state index is 0.129. The van der Waals surface area contributed by atoms with Crippen LogP contribution in [-0.2, 0) is 0 Å². The van der Waals surface area contributed by atoms with Gasteiger partial charge in [0.15, 0.2) is 0 Å². The summed E-state index contributed by atoms with van der Waals surface area (Å²) in [5, 5.41) is 12.7. The molecule has 2 atom stereocenters. The molecule has 2 unspecified atom stereocenters. The molecule has 0 spiro atoms. The van der Waals surface area contributed by atoms with Crippen molar-refractivity contribution in [1.82, 2.24) is 9.97 Å². The van der Waals surface area contributed by atoms with Gasteiger partial charge in [0.1, 0.15) is 5.82 Å². The lowest BCUT2D eigenvalue weighted by Crippen LogP contribution is -2.16. The zero-order chi connectivity index (χ0) is 12.3. The number of rotatable bonds is 4. The third-order valence-corrected chi connectivity index (χ3v) is 3.07. The molecule has 0 amide bonds. The van der Waals surface area contributed by atoms with Gasteiger partial charge in [-0.15, -0.1) is 0 Å². The number of aryl methyl sites for hydroxylation is 1. The van der Waals surface area contributed by atoms with E-state index >= 15 is 0 Å². The van der Waals surface area contributed by atoms with Crippen LogP contribution in [0, 0.1) is 12.8 Å². The molecule has 0 radical (unpaired) electrons. The highest BCUT2D eigenvalue weighted by molar-refractivity contribution is 5.41. The fourth-order valence-electron chi connectivity index (χ4n) is 2.21. The van der Waals surface area contributed by atoms with Crippen molar-refractivity contribution in [1.29, 1.82) is 0 Å². The van der Waals surface area contributed by atoms with Gasteiger partial charge in [-0.05, 0) is 32.1 Å². The number of nitrogen functional groups attached to an aromatic ring is 1. The largest absolute Gasteiger partial charge is 0.393 e. The quantitative estimate of drug-likeness (QED) is 0.453. The molecule has 6 heteroatoms. The molecule has 1 aromatic rings. The SMILES string of the molecule is Cc1cc(NCC2CCC(O)C2)nc(NN)n1. The number of nitrogens with zero attached hydrogens (tertiary/aromatic N) is 2. The Morgan fingerprint density at radius 3 is 2.94 bits per heavy atom. The molecule has 1 aliphatic rings. The maximum Gasteiger partial charge on any atom is 0.239 e. The van der Waals surface area contributed by atoms with Gasteiger partial charge in [0.25, 0.3) is 0 Å². The fourth-order valence-corrected chi connectivity index (χ4v) is 2.21. The Bertz CT molecular complexity index is 384. The van der Waals surface area contributed by atoms with Crippen molar-refractivity contribution in [2.75, 3.05) is 17.3 Å². The van der Waals surface area contributed by atoms with Gasteiger partial charge in [-0.3, -0.25) is 5.43 Å². The number of anilines is 2. The van der Waals surface area contributed by atoms with Gasteiger partial charge in [0.2, 0.25) is 5.95 Å². The van der Waals surface area contributed by atoms with E-state index in [1.54, 1.807) is 0 Å². The zero-order valence-corrected chi connectivity index (χ0v) is 9.98. The van der Waals surface area contributed by atoms with Crippen molar-refractivity contribution in [3.63, 3.8) is 0 Å². The number of aliphatic hydroxyl groups is 1. The second kappa shape index (κ2) is 5.29. The molecule has 17 heavy (non-hydrogen) atoms. The number of aromatic nitrogens is 2. The smallest absolute Gasteiger partial charge is 0.239 e. The number of nitrogens with two attached hydrogens (primary N) is 1. The normalized spacial score (nSPS) is 23.7. The van der Waals surface area contributed by atoms with Gasteiger partial charge in [-0.25, -0.2) is 10.8 Å². The standard InChI is InChI=1S/C11H19N5O/c1-7-4-10(15-11(14-7)16-12)13-6-8-2-3-9(17)5-8/h4,8-9,17H,2-3,5-6,12H2,1H3,(H2,13,14,15,16). The van der Waals surface area contributed by atoms with Gasteiger partial charge in [0, 0.05) is 18.3 Å². The Balaban J connectivity index is 1.92. The van der Waals surface area contributed by atoms with E-state index in [4.69, 9.17) is 5.84 Å². The first-order chi connectivity index (χ1) is 8.17. The number of hydrogen-bond donors (Lipinski definition) is 4. The predicted molar refractivity (Wildman–Crippen MR) is 66.4 cm³/mol. The van der Waals surface area contributed by atoms with Crippen LogP contribution in [0.1, 0.15) is 25.0 Å². The molecule has 94 valence electrons. The summed E-state index contributed by atoms with van der Waals surface area (Å²) in [5.41, 5.74) is 3.30. The Labute approximate surface area is 101 Å². The highest BCUT2D eigenvalue weighted by Crippen LogP contribution is 2.25. The highest BCUT2D eigenvalue weighted by atomic mass is 16.3. The lowest BCUT2D eigenvalue weighted by molar-refractivity contribution is 0.178. The summed E-state index contributed by atoms with van der Waals surface area (Å²) in [4.78, 5) is 8.33. The second-order valence-corrected chi connectivity index (χ2v) is 4.58.